The van der Waals surface area contributed by atoms with Crippen LogP contribution in [0.15, 0.2) is 49.1 Å². The molecule has 1 aromatic heterocycles. The number of aromatic nitrogens is 2. The smallest absolute Gasteiger partial charge is 0.318 e. The van der Waals surface area contributed by atoms with E-state index >= 15 is 0 Å². The first-order valence-corrected chi connectivity index (χ1v) is 15.3. The third-order valence-corrected chi connectivity index (χ3v) is 9.45. The van der Waals surface area contributed by atoms with Gasteiger partial charge in [0.05, 0.1) is 37.4 Å². The Balaban J connectivity index is 1.33. The molecule has 2 aromatic carbocycles. The third-order valence-electron chi connectivity index (χ3n) is 9.45. The topological polar surface area (TPSA) is 85.6 Å². The van der Waals surface area contributed by atoms with Gasteiger partial charge in [0.25, 0.3) is 0 Å². The van der Waals surface area contributed by atoms with E-state index in [-0.39, 0.29) is 18.4 Å². The first kappa shape index (κ1) is 28.0. The molecule has 0 N–H and O–H groups in total. The molecule has 8 nitrogen and oxygen atoms in total. The van der Waals surface area contributed by atoms with Crippen LogP contribution in [0.2, 0.25) is 0 Å². The molecule has 2 atom stereocenters. The minimum absolute atomic E-state index is 0.130. The van der Waals surface area contributed by atoms with Gasteiger partial charge in [-0.15, -0.1) is 0 Å². The van der Waals surface area contributed by atoms with Crippen LogP contribution in [0.4, 0.5) is 11.5 Å². The third kappa shape index (κ3) is 5.40. The first-order chi connectivity index (χ1) is 20.5. The van der Waals surface area contributed by atoms with Crippen LogP contribution in [0.3, 0.4) is 0 Å². The Morgan fingerprint density at radius 3 is 2.71 bits per heavy atom. The standard InChI is InChI=1S/C34H40N6O2/c1-4-31(41)40-19-18-39(20-27(40)14-16-35)33-28-15-17-38(30-13-7-12-26-11-5-8-23(2)32(26)30)21-29(28)36-34(37-33)42-22-24(3)25-9-6-10-25/h4-5,7-8,11-13,24-25,27H,1,6,9-10,14-15,17-22H2,2-3H3/t24?,27-/m0/s1. The summed E-state index contributed by atoms with van der Waals surface area (Å²) < 4.78 is 6.31. The largest absolute Gasteiger partial charge is 0.463 e. The van der Waals surface area contributed by atoms with Gasteiger partial charge in [0.15, 0.2) is 0 Å². The Hall–Kier alpha value is -4.12. The van der Waals surface area contributed by atoms with Gasteiger partial charge in [-0.3, -0.25) is 4.79 Å². The normalized spacial score (nSPS) is 19.5. The van der Waals surface area contributed by atoms with Gasteiger partial charge in [-0.25, -0.2) is 0 Å². The van der Waals surface area contributed by atoms with Crippen molar-refractivity contribution in [2.45, 2.75) is 58.5 Å². The van der Waals surface area contributed by atoms with E-state index < -0.39 is 0 Å². The van der Waals surface area contributed by atoms with Crippen molar-refractivity contribution < 1.29 is 9.53 Å². The number of carbonyl (C=O) groups is 1. The zero-order chi connectivity index (χ0) is 29.2. The molecule has 0 bridgehead atoms. The van der Waals surface area contributed by atoms with E-state index in [1.807, 2.05) is 0 Å². The Kier molecular flexibility index (Phi) is 8.01. The molecule has 3 aliphatic rings. The van der Waals surface area contributed by atoms with Crippen LogP contribution in [0.5, 0.6) is 6.01 Å². The number of anilines is 2. The van der Waals surface area contributed by atoms with Gasteiger partial charge in [0.2, 0.25) is 5.91 Å². The van der Waals surface area contributed by atoms with Crippen molar-refractivity contribution in [3.05, 3.63) is 65.9 Å². The Labute approximate surface area is 248 Å². The van der Waals surface area contributed by atoms with E-state index in [2.05, 4.69) is 72.7 Å². The SMILES string of the molecule is C=CC(=O)N1CCN(c2nc(OCC(C)C3CCC3)nc3c2CCN(c2cccc4cccc(C)c24)C3)C[C@@H]1CC#N. The molecule has 0 spiro atoms. The Morgan fingerprint density at radius 1 is 1.17 bits per heavy atom. The van der Waals surface area contributed by atoms with Gasteiger partial charge >= 0.3 is 6.01 Å². The molecule has 1 amide bonds. The van der Waals surface area contributed by atoms with Crippen molar-refractivity contribution in [3.63, 3.8) is 0 Å². The lowest BCUT2D eigenvalue weighted by Crippen LogP contribution is -2.55. The number of rotatable bonds is 8. The number of benzene rings is 2. The summed E-state index contributed by atoms with van der Waals surface area (Å²) in [5.74, 6) is 1.93. The molecular formula is C34H40N6O2. The van der Waals surface area contributed by atoms with Crippen LogP contribution in [0, 0.1) is 30.1 Å². The van der Waals surface area contributed by atoms with Crippen LogP contribution in [-0.4, -0.2) is 59.6 Å². The highest BCUT2D eigenvalue weighted by molar-refractivity contribution is 5.97. The summed E-state index contributed by atoms with van der Waals surface area (Å²) in [6, 6.07) is 15.5. The van der Waals surface area contributed by atoms with Crippen molar-refractivity contribution in [2.75, 3.05) is 42.6 Å². The summed E-state index contributed by atoms with van der Waals surface area (Å²) >= 11 is 0. The number of nitrogens with zero attached hydrogens (tertiary/aromatic N) is 6. The highest BCUT2D eigenvalue weighted by atomic mass is 16.5. The fourth-order valence-corrected chi connectivity index (χ4v) is 6.78. The average Bonchev–Trinajstić information content (AvgIpc) is 2.98. The zero-order valence-corrected chi connectivity index (χ0v) is 24.8. The number of hydrogen-bond donors (Lipinski definition) is 0. The van der Waals surface area contributed by atoms with E-state index in [4.69, 9.17) is 14.7 Å². The molecule has 42 heavy (non-hydrogen) atoms. The van der Waals surface area contributed by atoms with Gasteiger partial charge in [-0.2, -0.15) is 15.2 Å². The van der Waals surface area contributed by atoms with Gasteiger partial charge in [-0.05, 0) is 48.3 Å². The molecule has 3 heterocycles. The molecule has 0 radical (unpaired) electrons. The molecule has 1 aliphatic carbocycles. The van der Waals surface area contributed by atoms with Crippen LogP contribution < -0.4 is 14.5 Å². The maximum Gasteiger partial charge on any atom is 0.318 e. The molecule has 1 saturated carbocycles. The summed E-state index contributed by atoms with van der Waals surface area (Å²) in [7, 11) is 0. The second kappa shape index (κ2) is 12.0. The van der Waals surface area contributed by atoms with E-state index in [0.29, 0.717) is 44.7 Å². The zero-order valence-electron chi connectivity index (χ0n) is 24.8. The maximum atomic E-state index is 12.5. The quantitative estimate of drug-likeness (QED) is 0.337. The molecule has 1 unspecified atom stereocenters. The number of carbonyl (C=O) groups excluding carboxylic acids is 1. The van der Waals surface area contributed by atoms with Gasteiger partial charge in [0.1, 0.15) is 5.82 Å². The van der Waals surface area contributed by atoms with Crippen molar-refractivity contribution in [3.8, 4) is 12.1 Å². The second-order valence-corrected chi connectivity index (χ2v) is 12.1. The molecule has 218 valence electrons. The number of hydrogen-bond acceptors (Lipinski definition) is 7. The number of ether oxygens (including phenoxy) is 1. The van der Waals surface area contributed by atoms with Crippen LogP contribution in [0.1, 0.15) is 49.4 Å². The van der Waals surface area contributed by atoms with Gasteiger partial charge < -0.3 is 19.4 Å². The van der Waals surface area contributed by atoms with Crippen molar-refractivity contribution >= 4 is 28.2 Å². The summed E-state index contributed by atoms with van der Waals surface area (Å²) in [6.45, 7) is 11.9. The van der Waals surface area contributed by atoms with Gasteiger partial charge in [0, 0.05) is 42.8 Å². The minimum atomic E-state index is -0.221. The molecule has 3 aromatic rings. The lowest BCUT2D eigenvalue weighted by molar-refractivity contribution is -0.128. The summed E-state index contributed by atoms with van der Waals surface area (Å²) in [5, 5.41) is 12.0. The Morgan fingerprint density at radius 2 is 1.98 bits per heavy atom. The number of nitriles is 1. The predicted molar refractivity (Wildman–Crippen MR) is 166 cm³/mol. The fourth-order valence-electron chi connectivity index (χ4n) is 6.78. The molecule has 2 aliphatic heterocycles. The Bertz CT molecular complexity index is 1520. The molecule has 6 rings (SSSR count). The minimum Gasteiger partial charge on any atom is -0.463 e. The monoisotopic (exact) mass is 564 g/mol. The number of aryl methyl sites for hydroxylation is 1. The van der Waals surface area contributed by atoms with E-state index in [1.165, 1.54) is 47.4 Å². The molecule has 8 heteroatoms. The second-order valence-electron chi connectivity index (χ2n) is 12.1. The number of piperazine rings is 1. The highest BCUT2D eigenvalue weighted by Crippen LogP contribution is 2.37. The van der Waals surface area contributed by atoms with Crippen molar-refractivity contribution in [2.24, 2.45) is 11.8 Å². The highest BCUT2D eigenvalue weighted by Gasteiger charge is 2.33. The number of amides is 1. The summed E-state index contributed by atoms with van der Waals surface area (Å²) in [4.78, 5) is 29.0. The lowest BCUT2D eigenvalue weighted by atomic mass is 9.77. The molecule has 2 fully saturated rings. The molecular weight excluding hydrogens is 524 g/mol. The van der Waals surface area contributed by atoms with Crippen LogP contribution in [-0.2, 0) is 17.8 Å². The van der Waals surface area contributed by atoms with Crippen LogP contribution in [0.25, 0.3) is 10.8 Å². The average molecular weight is 565 g/mol. The van der Waals surface area contributed by atoms with Crippen molar-refractivity contribution in [1.29, 1.82) is 5.26 Å². The summed E-state index contributed by atoms with van der Waals surface area (Å²) in [6.07, 6.45) is 6.26. The van der Waals surface area contributed by atoms with E-state index in [9.17, 15) is 10.1 Å². The summed E-state index contributed by atoms with van der Waals surface area (Å²) in [5.41, 5.74) is 4.62. The van der Waals surface area contributed by atoms with Crippen molar-refractivity contribution in [1.82, 2.24) is 14.9 Å². The van der Waals surface area contributed by atoms with E-state index in [0.717, 1.165) is 36.0 Å². The lowest BCUT2D eigenvalue weighted by Gasteiger charge is -2.42. The fraction of sp³-hybridized carbons (Fsp3) is 0.471. The number of fused-ring (bicyclic) bond motifs is 2. The first-order valence-electron chi connectivity index (χ1n) is 15.3. The van der Waals surface area contributed by atoms with Gasteiger partial charge in [-0.1, -0.05) is 63.1 Å². The van der Waals surface area contributed by atoms with E-state index in [1.54, 1.807) is 4.90 Å². The predicted octanol–water partition coefficient (Wildman–Crippen LogP) is 5.43. The maximum absolute atomic E-state index is 12.5. The van der Waals surface area contributed by atoms with Crippen LogP contribution >= 0.6 is 0 Å². The molecule has 1 saturated heterocycles.